The number of aliphatic hydroxyl groups excluding tert-OH is 2. The highest BCUT2D eigenvalue weighted by atomic mass is 19.1. The van der Waals surface area contributed by atoms with Crippen molar-refractivity contribution in [1.82, 2.24) is 40.1 Å². The Balaban J connectivity index is 0.802. The van der Waals surface area contributed by atoms with Gasteiger partial charge in [-0.25, -0.2) is 28.7 Å². The van der Waals surface area contributed by atoms with Gasteiger partial charge >= 0.3 is 0 Å². The lowest BCUT2D eigenvalue weighted by atomic mass is 10.0. The van der Waals surface area contributed by atoms with Crippen molar-refractivity contribution in [2.24, 2.45) is 5.92 Å². The van der Waals surface area contributed by atoms with Crippen molar-refractivity contribution in [3.05, 3.63) is 132 Å². The maximum Gasteiger partial charge on any atom is 0.251 e. The van der Waals surface area contributed by atoms with E-state index in [1.54, 1.807) is 30.6 Å². The van der Waals surface area contributed by atoms with Crippen LogP contribution in [0.15, 0.2) is 104 Å². The molecular weight excluding hydrogens is 859 g/mol. The molecule has 2 fully saturated rings. The summed E-state index contributed by atoms with van der Waals surface area (Å²) in [4.78, 5) is 55.9. The van der Waals surface area contributed by atoms with Gasteiger partial charge < -0.3 is 50.0 Å². The zero-order chi connectivity index (χ0) is 46.8. The van der Waals surface area contributed by atoms with Crippen molar-refractivity contribution in [2.45, 2.75) is 50.5 Å². The van der Waals surface area contributed by atoms with Crippen LogP contribution in [0.25, 0.3) is 22.1 Å². The summed E-state index contributed by atoms with van der Waals surface area (Å²) in [7, 11) is 3.70. The summed E-state index contributed by atoms with van der Waals surface area (Å²) in [5, 5.41) is 27.8. The molecule has 5 atom stereocenters. The minimum absolute atomic E-state index is 0.0233. The number of amides is 2. The molecule has 2 aliphatic rings. The predicted octanol–water partition coefficient (Wildman–Crippen LogP) is 5.30. The molecule has 18 heteroatoms. The molecule has 16 nitrogen and oxygen atoms in total. The zero-order valence-corrected chi connectivity index (χ0v) is 37.6. The Hall–Kier alpha value is -7.18. The number of aromatic amines is 1. The second-order valence-electron chi connectivity index (χ2n) is 17.5. The molecule has 0 bridgehead atoms. The number of rotatable bonds is 16. The normalized spacial score (nSPS) is 17.5. The lowest BCUT2D eigenvalue weighted by Gasteiger charge is -2.28. The molecule has 3 aromatic carbocycles. The number of nitrogens with zero attached hydrogens (tertiary/aromatic N) is 9. The SMILES string of the molecule is CC(Cn1ccc2c(N3CC[C@@H](N(C)c4ccc(C(=O)N[C@@H](CO)c5ccccc5)cc4F)C3)ncnc21)[C@H](CO)NC(=O)c1ccc(N(C)[C@@H]2CCN(c3ncnc4[nH]ccc34)C2)c(F)c1. The molecule has 348 valence electrons. The molecule has 0 aliphatic carbocycles. The zero-order valence-electron chi connectivity index (χ0n) is 37.6. The minimum atomic E-state index is -0.639. The van der Waals surface area contributed by atoms with Crippen LogP contribution in [-0.2, 0) is 6.54 Å². The first-order valence-corrected chi connectivity index (χ1v) is 22.5. The first-order valence-electron chi connectivity index (χ1n) is 22.5. The summed E-state index contributed by atoms with van der Waals surface area (Å²) in [5.41, 5.74) is 3.27. The van der Waals surface area contributed by atoms with Crippen LogP contribution in [0, 0.1) is 17.6 Å². The smallest absolute Gasteiger partial charge is 0.251 e. The van der Waals surface area contributed by atoms with Gasteiger partial charge in [-0.3, -0.25) is 9.59 Å². The molecule has 0 saturated carbocycles. The van der Waals surface area contributed by atoms with E-state index in [1.807, 2.05) is 90.2 Å². The van der Waals surface area contributed by atoms with Crippen molar-refractivity contribution in [1.29, 1.82) is 0 Å². The maximum atomic E-state index is 15.7. The van der Waals surface area contributed by atoms with Gasteiger partial charge in [0.1, 0.15) is 47.2 Å². The van der Waals surface area contributed by atoms with Gasteiger partial charge in [0.2, 0.25) is 0 Å². The van der Waals surface area contributed by atoms with Crippen molar-refractivity contribution in [3.8, 4) is 0 Å². The lowest BCUT2D eigenvalue weighted by molar-refractivity contribution is 0.0885. The molecule has 6 heterocycles. The van der Waals surface area contributed by atoms with Gasteiger partial charge in [-0.2, -0.15) is 0 Å². The van der Waals surface area contributed by atoms with Gasteiger partial charge in [-0.15, -0.1) is 0 Å². The number of halogens is 2. The minimum Gasteiger partial charge on any atom is -0.394 e. The third-order valence-electron chi connectivity index (χ3n) is 13.4. The molecule has 4 aromatic heterocycles. The Morgan fingerprint density at radius 3 is 1.96 bits per heavy atom. The number of H-pyrrole nitrogens is 1. The number of fused-ring (bicyclic) bond motifs is 2. The Morgan fingerprint density at radius 2 is 1.36 bits per heavy atom. The molecule has 2 aliphatic heterocycles. The summed E-state index contributed by atoms with van der Waals surface area (Å²) >= 11 is 0. The van der Waals surface area contributed by atoms with Crippen LogP contribution >= 0.6 is 0 Å². The van der Waals surface area contributed by atoms with E-state index in [0.29, 0.717) is 43.2 Å². The van der Waals surface area contributed by atoms with E-state index in [2.05, 4.69) is 45.4 Å². The quantitative estimate of drug-likeness (QED) is 0.0845. The second kappa shape index (κ2) is 19.3. The number of likely N-dealkylation sites (N-methyl/N-ethyl adjacent to an activating group) is 2. The predicted molar refractivity (Wildman–Crippen MR) is 253 cm³/mol. The van der Waals surface area contributed by atoms with Gasteiger partial charge in [-0.1, -0.05) is 37.3 Å². The van der Waals surface area contributed by atoms with Crippen molar-refractivity contribution in [3.63, 3.8) is 0 Å². The van der Waals surface area contributed by atoms with E-state index in [9.17, 15) is 19.8 Å². The van der Waals surface area contributed by atoms with Crippen LogP contribution in [0.4, 0.5) is 31.8 Å². The van der Waals surface area contributed by atoms with Crippen LogP contribution in [0.1, 0.15) is 52.1 Å². The van der Waals surface area contributed by atoms with Gasteiger partial charge in [0.05, 0.1) is 47.4 Å². The fraction of sp³-hybridized carbons (Fsp3) is 0.347. The Kier molecular flexibility index (Phi) is 13.0. The van der Waals surface area contributed by atoms with Crippen molar-refractivity contribution in [2.75, 3.05) is 73.1 Å². The summed E-state index contributed by atoms with van der Waals surface area (Å²) in [6.45, 7) is 4.37. The van der Waals surface area contributed by atoms with Crippen LogP contribution < -0.4 is 30.2 Å². The topological polar surface area (TPSA) is 184 Å². The number of carbonyl (C=O) groups is 2. The monoisotopic (exact) mass is 912 g/mol. The summed E-state index contributed by atoms with van der Waals surface area (Å²) < 4.78 is 33.3. The number of nitrogens with one attached hydrogen (secondary N) is 3. The Labute approximate surface area is 386 Å². The number of benzene rings is 3. The van der Waals surface area contributed by atoms with E-state index in [4.69, 9.17) is 0 Å². The molecule has 5 N–H and O–H groups in total. The molecule has 0 spiro atoms. The summed E-state index contributed by atoms with van der Waals surface area (Å²) in [5.74, 6) is -0.672. The Morgan fingerprint density at radius 1 is 0.761 bits per heavy atom. The van der Waals surface area contributed by atoms with E-state index < -0.39 is 35.5 Å². The molecule has 1 unspecified atom stereocenters. The number of aliphatic hydroxyl groups is 2. The van der Waals surface area contributed by atoms with Gasteiger partial charge in [0, 0.05) is 82.4 Å². The molecule has 0 radical (unpaired) electrons. The van der Waals surface area contributed by atoms with E-state index in [0.717, 1.165) is 53.0 Å². The molecule has 2 amide bonds. The van der Waals surface area contributed by atoms with E-state index >= 15 is 8.78 Å². The highest BCUT2D eigenvalue weighted by Crippen LogP contribution is 2.33. The maximum absolute atomic E-state index is 15.7. The van der Waals surface area contributed by atoms with Gasteiger partial charge in [0.25, 0.3) is 11.8 Å². The average Bonchev–Trinajstić information content (AvgIpc) is 4.20. The van der Waals surface area contributed by atoms with Crippen LogP contribution in [0.2, 0.25) is 0 Å². The van der Waals surface area contributed by atoms with Crippen molar-refractivity contribution < 1.29 is 28.6 Å². The van der Waals surface area contributed by atoms with E-state index in [1.165, 1.54) is 18.5 Å². The average molecular weight is 913 g/mol. The molecule has 7 aromatic rings. The first kappa shape index (κ1) is 45.0. The van der Waals surface area contributed by atoms with Crippen LogP contribution in [-0.4, -0.2) is 123 Å². The standard InChI is InChI=1S/C49H54F2N12O4/c1-30(40(26-64)57-48(66)32-9-11-42(38(50)21-32)59(2)34-14-18-62(24-34)45-36-13-17-52-44(36)53-28-54-45)23-61-20-16-37-46(61)55-29-56-47(37)63-19-15-35(25-63)60(3)43-12-10-33(22-39(43)51)49(67)58-41(27-65)31-7-5-4-6-8-31/h4-13,16-17,20-22,28-30,34-35,40-41,64-65H,14-15,18-19,23-27H2,1-3H3,(H,57,66)(H,58,67)(H,52,53,54)/t30?,34-,35-,40+,41+/m1/s1. The molecular formula is C49H54F2N12O4. The Bertz CT molecular complexity index is 2880. The largest absolute Gasteiger partial charge is 0.394 e. The molecule has 9 rings (SSSR count). The third kappa shape index (κ3) is 9.18. The lowest BCUT2D eigenvalue weighted by Crippen LogP contribution is -2.43. The summed E-state index contributed by atoms with van der Waals surface area (Å²) in [6, 6.07) is 20.6. The van der Waals surface area contributed by atoms with E-state index in [-0.39, 0.29) is 42.3 Å². The number of anilines is 4. The molecule has 67 heavy (non-hydrogen) atoms. The number of carbonyl (C=O) groups excluding carboxylic acids is 2. The van der Waals surface area contributed by atoms with Crippen LogP contribution in [0.5, 0.6) is 0 Å². The number of hydrogen-bond acceptors (Lipinski definition) is 12. The van der Waals surface area contributed by atoms with Crippen molar-refractivity contribution >= 4 is 56.9 Å². The fourth-order valence-electron chi connectivity index (χ4n) is 9.48. The first-order chi connectivity index (χ1) is 32.5. The molecule has 2 saturated heterocycles. The van der Waals surface area contributed by atoms with Crippen LogP contribution in [0.3, 0.4) is 0 Å². The van der Waals surface area contributed by atoms with Gasteiger partial charge in [-0.05, 0) is 72.9 Å². The fourth-order valence-corrected chi connectivity index (χ4v) is 9.48. The number of aromatic nitrogens is 6. The second-order valence-corrected chi connectivity index (χ2v) is 17.5. The highest BCUT2D eigenvalue weighted by molar-refractivity contribution is 5.95. The van der Waals surface area contributed by atoms with Gasteiger partial charge in [0.15, 0.2) is 0 Å². The third-order valence-corrected chi connectivity index (χ3v) is 13.4. The highest BCUT2D eigenvalue weighted by Gasteiger charge is 2.32. The number of hydrogen-bond donors (Lipinski definition) is 5. The summed E-state index contributed by atoms with van der Waals surface area (Å²) in [6.07, 6.45) is 8.34.